The minimum absolute atomic E-state index is 0.778. The van der Waals surface area contributed by atoms with E-state index in [4.69, 9.17) is 0 Å². The zero-order valence-electron chi connectivity index (χ0n) is 10.7. The van der Waals surface area contributed by atoms with Crippen molar-refractivity contribution in [2.45, 2.75) is 39.2 Å². The Morgan fingerprint density at radius 2 is 2.11 bits per heavy atom. The lowest BCUT2D eigenvalue weighted by atomic mass is 10.3. The van der Waals surface area contributed by atoms with E-state index in [-0.39, 0.29) is 0 Å². The van der Waals surface area contributed by atoms with E-state index in [1.54, 1.807) is 11.3 Å². The fraction of sp³-hybridized carbons (Fsp3) is 0.538. The second kappa shape index (κ2) is 5.07. The third-order valence-electron chi connectivity index (χ3n) is 3.19. The Bertz CT molecular complexity index is 521. The highest BCUT2D eigenvalue weighted by molar-refractivity contribution is 7.21. The van der Waals surface area contributed by atoms with Gasteiger partial charge in [-0.1, -0.05) is 11.3 Å². The maximum atomic E-state index is 4.31. The van der Waals surface area contributed by atoms with Crippen LogP contribution in [0.4, 0.5) is 0 Å². The van der Waals surface area contributed by atoms with Crippen molar-refractivity contribution in [2.75, 3.05) is 6.54 Å². The predicted molar refractivity (Wildman–Crippen MR) is 77.4 cm³/mol. The third-order valence-corrected chi connectivity index (χ3v) is 5.50. The molecule has 0 radical (unpaired) electrons. The summed E-state index contributed by atoms with van der Waals surface area (Å²) in [5.74, 6) is 0. The molecule has 96 valence electrons. The lowest BCUT2D eigenvalue weighted by Crippen LogP contribution is -2.19. The summed E-state index contributed by atoms with van der Waals surface area (Å²) in [6, 6.07) is 2.99. The number of thiophene rings is 1. The molecule has 0 aromatic carbocycles. The van der Waals surface area contributed by atoms with Crippen LogP contribution in [0.15, 0.2) is 6.07 Å². The fourth-order valence-corrected chi connectivity index (χ4v) is 3.72. The average Bonchev–Trinajstić information content (AvgIpc) is 2.94. The van der Waals surface area contributed by atoms with Crippen molar-refractivity contribution in [3.8, 4) is 9.88 Å². The highest BCUT2D eigenvalue weighted by Gasteiger charge is 2.20. The molecule has 1 saturated carbocycles. The number of nitrogens with one attached hydrogen (secondary N) is 1. The molecule has 18 heavy (non-hydrogen) atoms. The van der Waals surface area contributed by atoms with Gasteiger partial charge in [-0.25, -0.2) is 0 Å². The van der Waals surface area contributed by atoms with Gasteiger partial charge in [0.15, 0.2) is 5.01 Å². The normalized spacial score (nSPS) is 15.2. The highest BCUT2D eigenvalue weighted by atomic mass is 32.1. The third kappa shape index (κ3) is 2.79. The first kappa shape index (κ1) is 12.3. The second-order valence-electron chi connectivity index (χ2n) is 4.83. The summed E-state index contributed by atoms with van der Waals surface area (Å²) in [5.41, 5.74) is 1.35. The van der Waals surface area contributed by atoms with Crippen LogP contribution in [0.25, 0.3) is 9.88 Å². The van der Waals surface area contributed by atoms with Crippen LogP contribution in [-0.4, -0.2) is 22.8 Å². The Hall–Kier alpha value is -0.780. The summed E-state index contributed by atoms with van der Waals surface area (Å²) >= 11 is 3.54. The first-order valence-corrected chi connectivity index (χ1v) is 7.99. The van der Waals surface area contributed by atoms with E-state index in [0.717, 1.165) is 29.0 Å². The van der Waals surface area contributed by atoms with Gasteiger partial charge in [-0.3, -0.25) is 0 Å². The lowest BCUT2D eigenvalue weighted by molar-refractivity contribution is 0.677. The van der Waals surface area contributed by atoms with Crippen LogP contribution < -0.4 is 5.32 Å². The lowest BCUT2D eigenvalue weighted by Gasteiger charge is -1.97. The fourth-order valence-electron chi connectivity index (χ4n) is 1.80. The van der Waals surface area contributed by atoms with Crippen molar-refractivity contribution in [3.63, 3.8) is 0 Å². The van der Waals surface area contributed by atoms with Gasteiger partial charge in [0.2, 0.25) is 0 Å². The van der Waals surface area contributed by atoms with Crippen LogP contribution >= 0.6 is 22.7 Å². The van der Waals surface area contributed by atoms with Gasteiger partial charge in [0.05, 0.1) is 4.88 Å². The van der Waals surface area contributed by atoms with Crippen LogP contribution in [0.5, 0.6) is 0 Å². The van der Waals surface area contributed by atoms with Gasteiger partial charge in [-0.05, 0) is 38.3 Å². The van der Waals surface area contributed by atoms with Gasteiger partial charge in [0.1, 0.15) is 5.01 Å². The van der Waals surface area contributed by atoms with E-state index >= 15 is 0 Å². The van der Waals surface area contributed by atoms with Crippen LogP contribution in [0.2, 0.25) is 0 Å². The standard InChI is InChI=1S/C13H17N3S2/c1-8-7-11(17-9(8)2)13-16-15-12(18-13)5-6-14-10-3-4-10/h7,10,14H,3-6H2,1-2H3. The summed E-state index contributed by atoms with van der Waals surface area (Å²) in [6.07, 6.45) is 3.68. The average molecular weight is 279 g/mol. The van der Waals surface area contributed by atoms with Gasteiger partial charge in [-0.2, -0.15) is 0 Å². The zero-order valence-corrected chi connectivity index (χ0v) is 12.3. The van der Waals surface area contributed by atoms with Crippen LogP contribution in [0.3, 0.4) is 0 Å². The number of hydrogen-bond donors (Lipinski definition) is 1. The van der Waals surface area contributed by atoms with Crippen LogP contribution in [-0.2, 0) is 6.42 Å². The van der Waals surface area contributed by atoms with Gasteiger partial charge in [-0.15, -0.1) is 21.5 Å². The molecule has 1 aliphatic carbocycles. The Morgan fingerprint density at radius 1 is 1.28 bits per heavy atom. The van der Waals surface area contributed by atoms with Crippen molar-refractivity contribution < 1.29 is 0 Å². The SMILES string of the molecule is Cc1cc(-c2nnc(CCNC3CC3)s2)sc1C. The van der Waals surface area contributed by atoms with Crippen LogP contribution in [0, 0.1) is 13.8 Å². The summed E-state index contributed by atoms with van der Waals surface area (Å²) in [4.78, 5) is 2.63. The topological polar surface area (TPSA) is 37.8 Å². The van der Waals surface area contributed by atoms with Crippen molar-refractivity contribution in [2.24, 2.45) is 0 Å². The number of rotatable bonds is 5. The molecule has 0 bridgehead atoms. The summed E-state index contributed by atoms with van der Waals surface area (Å²) in [7, 11) is 0. The molecule has 2 heterocycles. The molecule has 0 spiro atoms. The van der Waals surface area contributed by atoms with Gasteiger partial charge < -0.3 is 5.32 Å². The predicted octanol–water partition coefficient (Wildman–Crippen LogP) is 3.18. The molecule has 5 heteroatoms. The second-order valence-corrected chi connectivity index (χ2v) is 7.15. The zero-order chi connectivity index (χ0) is 12.5. The van der Waals surface area contributed by atoms with E-state index in [2.05, 4.69) is 35.4 Å². The van der Waals surface area contributed by atoms with E-state index in [0.29, 0.717) is 0 Å². The van der Waals surface area contributed by atoms with E-state index in [9.17, 15) is 0 Å². The molecule has 0 saturated heterocycles. The first-order valence-electron chi connectivity index (χ1n) is 6.35. The molecule has 1 aliphatic rings. The molecule has 2 aromatic heterocycles. The minimum atomic E-state index is 0.778. The van der Waals surface area contributed by atoms with Gasteiger partial charge in [0, 0.05) is 23.9 Å². The Labute approximate surface area is 115 Å². The van der Waals surface area contributed by atoms with Crippen molar-refractivity contribution in [3.05, 3.63) is 21.5 Å². The Kier molecular flexibility index (Phi) is 3.46. The molecule has 3 nitrogen and oxygen atoms in total. The Morgan fingerprint density at radius 3 is 2.78 bits per heavy atom. The molecule has 0 aliphatic heterocycles. The molecular weight excluding hydrogens is 262 g/mol. The summed E-state index contributed by atoms with van der Waals surface area (Å²) in [5, 5.41) is 14.3. The monoisotopic (exact) mass is 279 g/mol. The smallest absolute Gasteiger partial charge is 0.157 e. The maximum Gasteiger partial charge on any atom is 0.157 e. The van der Waals surface area contributed by atoms with Crippen LogP contribution in [0.1, 0.15) is 28.3 Å². The maximum absolute atomic E-state index is 4.31. The first-order chi connectivity index (χ1) is 8.72. The summed E-state index contributed by atoms with van der Waals surface area (Å²) in [6.45, 7) is 5.34. The van der Waals surface area contributed by atoms with Crippen molar-refractivity contribution in [1.29, 1.82) is 0 Å². The molecule has 3 rings (SSSR count). The van der Waals surface area contributed by atoms with E-state index in [1.807, 2.05) is 11.3 Å². The number of aryl methyl sites for hydroxylation is 2. The molecule has 1 fully saturated rings. The van der Waals surface area contributed by atoms with E-state index < -0.39 is 0 Å². The quantitative estimate of drug-likeness (QED) is 0.913. The number of hydrogen-bond acceptors (Lipinski definition) is 5. The molecular formula is C13H17N3S2. The molecule has 0 amide bonds. The van der Waals surface area contributed by atoms with Crippen molar-refractivity contribution >= 4 is 22.7 Å². The van der Waals surface area contributed by atoms with E-state index in [1.165, 1.54) is 28.2 Å². The number of aromatic nitrogens is 2. The van der Waals surface area contributed by atoms with Crippen molar-refractivity contribution in [1.82, 2.24) is 15.5 Å². The minimum Gasteiger partial charge on any atom is -0.314 e. The molecule has 2 aromatic rings. The van der Waals surface area contributed by atoms with Gasteiger partial charge in [0.25, 0.3) is 0 Å². The molecule has 1 N–H and O–H groups in total. The molecule has 0 atom stereocenters. The molecule has 0 unspecified atom stereocenters. The summed E-state index contributed by atoms with van der Waals surface area (Å²) < 4.78 is 0. The Balaban J connectivity index is 1.64. The number of nitrogens with zero attached hydrogens (tertiary/aromatic N) is 2. The highest BCUT2D eigenvalue weighted by Crippen LogP contribution is 2.32. The largest absolute Gasteiger partial charge is 0.314 e. The van der Waals surface area contributed by atoms with Gasteiger partial charge >= 0.3 is 0 Å².